The molecule has 2 N–H and O–H groups in total. The van der Waals surface area contributed by atoms with Crippen LogP contribution < -0.4 is 11.4 Å². The standard InChI is InChI=1S/C10H10N2O/c1-7-2-3-9-8(6-7)4-5-12(11)10(9)13/h2-6H,11H2,1H3. The first-order valence-electron chi connectivity index (χ1n) is 4.05. The first-order valence-corrected chi connectivity index (χ1v) is 4.05. The number of aryl methyl sites for hydroxylation is 1. The molecule has 0 spiro atoms. The number of nitrogen functional groups attached to an aromatic ring is 1. The molecule has 0 bridgehead atoms. The van der Waals surface area contributed by atoms with Gasteiger partial charge >= 0.3 is 0 Å². The van der Waals surface area contributed by atoms with Crippen molar-refractivity contribution in [1.82, 2.24) is 4.68 Å². The highest BCUT2D eigenvalue weighted by atomic mass is 16.1. The van der Waals surface area contributed by atoms with E-state index in [0.29, 0.717) is 5.39 Å². The third kappa shape index (κ3) is 1.18. The molecule has 0 radical (unpaired) electrons. The fourth-order valence-electron chi connectivity index (χ4n) is 1.38. The Bertz CT molecular complexity index is 514. The number of nitrogens with two attached hydrogens (primary N) is 1. The predicted octanol–water partition coefficient (Wildman–Crippen LogP) is 1.02. The SMILES string of the molecule is Cc1ccc2c(=O)n(N)ccc2c1. The van der Waals surface area contributed by atoms with Gasteiger partial charge in [-0.05, 0) is 24.4 Å². The minimum atomic E-state index is -0.155. The van der Waals surface area contributed by atoms with Crippen molar-refractivity contribution in [2.24, 2.45) is 0 Å². The van der Waals surface area contributed by atoms with E-state index in [-0.39, 0.29) is 5.56 Å². The van der Waals surface area contributed by atoms with Gasteiger partial charge in [-0.25, -0.2) is 4.68 Å². The quantitative estimate of drug-likeness (QED) is 0.606. The highest BCUT2D eigenvalue weighted by Crippen LogP contribution is 2.10. The van der Waals surface area contributed by atoms with Crippen molar-refractivity contribution in [2.75, 3.05) is 5.84 Å². The molecule has 1 aromatic heterocycles. The van der Waals surface area contributed by atoms with E-state index in [2.05, 4.69) is 0 Å². The van der Waals surface area contributed by atoms with Crippen molar-refractivity contribution < 1.29 is 0 Å². The van der Waals surface area contributed by atoms with Crippen LogP contribution in [0.25, 0.3) is 10.8 Å². The van der Waals surface area contributed by atoms with Gasteiger partial charge in [0.05, 0.1) is 0 Å². The first kappa shape index (κ1) is 7.86. The molecule has 0 aliphatic heterocycles. The molecule has 3 heteroatoms. The molecular formula is C10H10N2O. The normalized spacial score (nSPS) is 10.5. The molecule has 0 saturated carbocycles. The van der Waals surface area contributed by atoms with Gasteiger partial charge in [0.25, 0.3) is 5.56 Å². The van der Waals surface area contributed by atoms with Crippen LogP contribution in [0.4, 0.5) is 0 Å². The van der Waals surface area contributed by atoms with Gasteiger partial charge in [0.2, 0.25) is 0 Å². The van der Waals surface area contributed by atoms with Crippen LogP contribution in [0.2, 0.25) is 0 Å². The molecule has 0 saturated heterocycles. The Hall–Kier alpha value is -1.77. The van der Waals surface area contributed by atoms with Crippen molar-refractivity contribution in [1.29, 1.82) is 0 Å². The second-order valence-electron chi connectivity index (χ2n) is 3.12. The van der Waals surface area contributed by atoms with Crippen molar-refractivity contribution in [3.63, 3.8) is 0 Å². The maximum Gasteiger partial charge on any atom is 0.276 e. The van der Waals surface area contributed by atoms with Gasteiger partial charge in [0, 0.05) is 11.6 Å². The van der Waals surface area contributed by atoms with Gasteiger partial charge in [-0.2, -0.15) is 0 Å². The minimum absolute atomic E-state index is 0.155. The van der Waals surface area contributed by atoms with Crippen molar-refractivity contribution in [3.05, 3.63) is 46.4 Å². The highest BCUT2D eigenvalue weighted by Gasteiger charge is 1.99. The number of hydrogen-bond donors (Lipinski definition) is 1. The van der Waals surface area contributed by atoms with Crippen LogP contribution in [0.15, 0.2) is 35.3 Å². The Balaban J connectivity index is 2.95. The van der Waals surface area contributed by atoms with E-state index in [1.165, 1.54) is 0 Å². The number of pyridine rings is 1. The van der Waals surface area contributed by atoms with E-state index in [0.717, 1.165) is 15.6 Å². The summed E-state index contributed by atoms with van der Waals surface area (Å²) < 4.78 is 1.09. The van der Waals surface area contributed by atoms with Gasteiger partial charge < -0.3 is 5.84 Å². The highest BCUT2D eigenvalue weighted by molar-refractivity contribution is 5.81. The summed E-state index contributed by atoms with van der Waals surface area (Å²) in [5.41, 5.74) is 0.985. The largest absolute Gasteiger partial charge is 0.336 e. The van der Waals surface area contributed by atoms with Crippen molar-refractivity contribution in [2.45, 2.75) is 6.92 Å². The Morgan fingerprint density at radius 2 is 2.08 bits per heavy atom. The maximum atomic E-state index is 11.5. The summed E-state index contributed by atoms with van der Waals surface area (Å²) >= 11 is 0. The molecule has 0 unspecified atom stereocenters. The molecule has 3 nitrogen and oxygen atoms in total. The summed E-state index contributed by atoms with van der Waals surface area (Å²) in [6.45, 7) is 1.99. The number of benzene rings is 1. The monoisotopic (exact) mass is 174 g/mol. The lowest BCUT2D eigenvalue weighted by atomic mass is 10.1. The summed E-state index contributed by atoms with van der Waals surface area (Å²) in [7, 11) is 0. The van der Waals surface area contributed by atoms with Crippen LogP contribution in [-0.4, -0.2) is 4.68 Å². The Labute approximate surface area is 75.4 Å². The molecule has 13 heavy (non-hydrogen) atoms. The number of nitrogens with zero attached hydrogens (tertiary/aromatic N) is 1. The van der Waals surface area contributed by atoms with Crippen LogP contribution in [0.5, 0.6) is 0 Å². The maximum absolute atomic E-state index is 11.5. The second-order valence-corrected chi connectivity index (χ2v) is 3.12. The molecule has 0 atom stereocenters. The Morgan fingerprint density at radius 1 is 1.31 bits per heavy atom. The molecule has 1 aromatic carbocycles. The second kappa shape index (κ2) is 2.62. The average molecular weight is 174 g/mol. The summed E-state index contributed by atoms with van der Waals surface area (Å²) in [4.78, 5) is 11.5. The van der Waals surface area contributed by atoms with Gasteiger partial charge in [-0.15, -0.1) is 0 Å². The topological polar surface area (TPSA) is 48.0 Å². The fourth-order valence-corrected chi connectivity index (χ4v) is 1.38. The summed E-state index contributed by atoms with van der Waals surface area (Å²) in [6, 6.07) is 7.51. The molecule has 2 aromatic rings. The number of fused-ring (bicyclic) bond motifs is 1. The third-order valence-corrected chi connectivity index (χ3v) is 2.09. The Morgan fingerprint density at radius 3 is 2.85 bits per heavy atom. The van der Waals surface area contributed by atoms with Crippen LogP contribution in [-0.2, 0) is 0 Å². The zero-order valence-electron chi connectivity index (χ0n) is 7.32. The number of aromatic nitrogens is 1. The van der Waals surface area contributed by atoms with Crippen LogP contribution >= 0.6 is 0 Å². The van der Waals surface area contributed by atoms with E-state index >= 15 is 0 Å². The molecule has 0 fully saturated rings. The summed E-state index contributed by atoms with van der Waals surface area (Å²) in [5.74, 6) is 5.43. The number of rotatable bonds is 0. The molecule has 2 rings (SSSR count). The van der Waals surface area contributed by atoms with Crippen LogP contribution in [0.1, 0.15) is 5.56 Å². The molecule has 1 heterocycles. The zero-order valence-corrected chi connectivity index (χ0v) is 7.32. The smallest absolute Gasteiger partial charge is 0.276 e. The van der Waals surface area contributed by atoms with Crippen molar-refractivity contribution in [3.8, 4) is 0 Å². The van der Waals surface area contributed by atoms with Gasteiger partial charge in [0.15, 0.2) is 0 Å². The van der Waals surface area contributed by atoms with E-state index in [1.54, 1.807) is 12.3 Å². The number of hydrogen-bond acceptors (Lipinski definition) is 2. The minimum Gasteiger partial charge on any atom is -0.336 e. The van der Waals surface area contributed by atoms with E-state index < -0.39 is 0 Å². The Kier molecular flexibility index (Phi) is 1.59. The van der Waals surface area contributed by atoms with Gasteiger partial charge in [0.1, 0.15) is 0 Å². The summed E-state index contributed by atoms with van der Waals surface area (Å²) in [5, 5.41) is 1.60. The molecule has 66 valence electrons. The lowest BCUT2D eigenvalue weighted by Crippen LogP contribution is -2.26. The molecular weight excluding hydrogens is 164 g/mol. The average Bonchev–Trinajstić information content (AvgIpc) is 2.12. The first-order chi connectivity index (χ1) is 6.18. The molecule has 0 amide bonds. The lowest BCUT2D eigenvalue weighted by Gasteiger charge is -2.01. The van der Waals surface area contributed by atoms with E-state index in [9.17, 15) is 4.79 Å². The summed E-state index contributed by atoms with van der Waals surface area (Å²) in [6.07, 6.45) is 1.57. The van der Waals surface area contributed by atoms with Crippen LogP contribution in [0, 0.1) is 6.92 Å². The lowest BCUT2D eigenvalue weighted by molar-refractivity contribution is 0.953. The predicted molar refractivity (Wildman–Crippen MR) is 53.1 cm³/mol. The molecule has 0 aliphatic carbocycles. The fraction of sp³-hybridized carbons (Fsp3) is 0.100. The van der Waals surface area contributed by atoms with E-state index in [4.69, 9.17) is 5.84 Å². The van der Waals surface area contributed by atoms with Gasteiger partial charge in [-0.1, -0.05) is 17.7 Å². The van der Waals surface area contributed by atoms with E-state index in [1.807, 2.05) is 25.1 Å². The van der Waals surface area contributed by atoms with Gasteiger partial charge in [-0.3, -0.25) is 4.79 Å². The third-order valence-electron chi connectivity index (χ3n) is 2.09. The van der Waals surface area contributed by atoms with Crippen molar-refractivity contribution >= 4 is 10.8 Å². The zero-order chi connectivity index (χ0) is 9.42. The van der Waals surface area contributed by atoms with Crippen LogP contribution in [0.3, 0.4) is 0 Å². The molecule has 0 aliphatic rings.